The Hall–Kier alpha value is -4.24. The highest BCUT2D eigenvalue weighted by molar-refractivity contribution is 5.95. The molecule has 1 aliphatic heterocycles. The van der Waals surface area contributed by atoms with E-state index < -0.39 is 0 Å². The number of nitrogens with zero attached hydrogens (tertiary/aromatic N) is 1. The molecule has 7 rings (SSSR count). The molecular formula is C37H37N3. The summed E-state index contributed by atoms with van der Waals surface area (Å²) in [6, 6.07) is 15.8. The summed E-state index contributed by atoms with van der Waals surface area (Å²) in [5, 5.41) is 3.63. The van der Waals surface area contributed by atoms with Crippen molar-refractivity contribution in [2.24, 2.45) is 0 Å². The third-order valence-electron chi connectivity index (χ3n) is 8.78. The van der Waals surface area contributed by atoms with Gasteiger partial charge in [-0.05, 0) is 71.1 Å². The summed E-state index contributed by atoms with van der Waals surface area (Å²) in [7, 11) is 0. The van der Waals surface area contributed by atoms with E-state index in [1.807, 2.05) is 0 Å². The maximum absolute atomic E-state index is 6.98. The first-order valence-electron chi connectivity index (χ1n) is 14.8. The van der Waals surface area contributed by atoms with Gasteiger partial charge in [0.25, 0.3) is 0 Å². The topological polar surface area (TPSA) is 43.0 Å². The zero-order valence-corrected chi connectivity index (χ0v) is 23.3. The second-order valence-corrected chi connectivity index (χ2v) is 11.3. The molecule has 40 heavy (non-hydrogen) atoms. The lowest BCUT2D eigenvalue weighted by molar-refractivity contribution is 0.839. The molecule has 0 amide bonds. The van der Waals surface area contributed by atoms with Gasteiger partial charge < -0.3 is 11.1 Å². The monoisotopic (exact) mass is 523 g/mol. The van der Waals surface area contributed by atoms with Gasteiger partial charge in [0.15, 0.2) is 0 Å². The van der Waals surface area contributed by atoms with Crippen LogP contribution >= 0.6 is 0 Å². The number of unbranched alkanes of at least 4 members (excludes halogenated alkanes) is 1. The molecule has 0 saturated carbocycles. The van der Waals surface area contributed by atoms with Gasteiger partial charge in [0.2, 0.25) is 0 Å². The predicted molar refractivity (Wildman–Crippen MR) is 172 cm³/mol. The Morgan fingerprint density at radius 1 is 1.05 bits per heavy atom. The molecule has 4 aliphatic rings. The molecule has 200 valence electrons. The van der Waals surface area contributed by atoms with E-state index in [9.17, 15) is 0 Å². The third-order valence-corrected chi connectivity index (χ3v) is 8.78. The van der Waals surface area contributed by atoms with Crippen molar-refractivity contribution in [3.8, 4) is 11.1 Å². The molecule has 1 atom stereocenters. The second-order valence-electron chi connectivity index (χ2n) is 11.3. The highest BCUT2D eigenvalue weighted by Crippen LogP contribution is 2.53. The Morgan fingerprint density at radius 3 is 2.80 bits per heavy atom. The van der Waals surface area contributed by atoms with E-state index in [-0.39, 0.29) is 0 Å². The number of hydrogen-bond acceptors (Lipinski definition) is 2. The highest BCUT2D eigenvalue weighted by Gasteiger charge is 2.33. The van der Waals surface area contributed by atoms with E-state index in [2.05, 4.69) is 114 Å². The summed E-state index contributed by atoms with van der Waals surface area (Å²) in [6.45, 7) is 3.04. The summed E-state index contributed by atoms with van der Waals surface area (Å²) in [6.07, 6.45) is 27.1. The smallest absolute Gasteiger partial charge is 0.120 e. The maximum atomic E-state index is 6.98. The van der Waals surface area contributed by atoms with Crippen molar-refractivity contribution in [1.29, 1.82) is 0 Å². The van der Waals surface area contributed by atoms with Gasteiger partial charge in [0.05, 0.1) is 0 Å². The molecule has 3 aliphatic carbocycles. The van der Waals surface area contributed by atoms with E-state index in [4.69, 9.17) is 5.73 Å². The molecule has 0 saturated heterocycles. The van der Waals surface area contributed by atoms with E-state index >= 15 is 0 Å². The van der Waals surface area contributed by atoms with E-state index in [0.29, 0.717) is 5.92 Å². The number of anilines is 2. The average molecular weight is 524 g/mol. The second kappa shape index (κ2) is 10.4. The van der Waals surface area contributed by atoms with Crippen LogP contribution in [0.25, 0.3) is 35.1 Å². The van der Waals surface area contributed by atoms with Crippen molar-refractivity contribution in [3.05, 3.63) is 118 Å². The molecule has 2 heterocycles. The van der Waals surface area contributed by atoms with Crippen molar-refractivity contribution in [3.63, 3.8) is 0 Å². The maximum Gasteiger partial charge on any atom is 0.120 e. The molecule has 0 radical (unpaired) electrons. The number of nitrogen functional groups attached to an aromatic ring is 1. The van der Waals surface area contributed by atoms with Crippen LogP contribution in [0.1, 0.15) is 79.2 Å². The number of nitrogens with one attached hydrogen (secondary N) is 1. The first-order valence-corrected chi connectivity index (χ1v) is 14.8. The number of hydrogen-bond donors (Lipinski definition) is 2. The molecule has 0 fully saturated rings. The minimum Gasteiger partial charge on any atom is -0.384 e. The Labute approximate surface area is 237 Å². The molecule has 3 aromatic rings. The number of allylic oxidation sites excluding steroid dienone is 8. The molecular weight excluding hydrogens is 486 g/mol. The Morgan fingerprint density at radius 2 is 1.93 bits per heavy atom. The van der Waals surface area contributed by atoms with E-state index in [1.165, 1.54) is 50.1 Å². The minimum atomic E-state index is 0.436. The summed E-state index contributed by atoms with van der Waals surface area (Å²) >= 11 is 0. The summed E-state index contributed by atoms with van der Waals surface area (Å²) in [5.41, 5.74) is 20.3. The summed E-state index contributed by atoms with van der Waals surface area (Å²) < 4.78 is 2.19. The van der Waals surface area contributed by atoms with Gasteiger partial charge in [-0.2, -0.15) is 0 Å². The van der Waals surface area contributed by atoms with Gasteiger partial charge in [-0.3, -0.25) is 4.57 Å². The first kappa shape index (κ1) is 24.8. The van der Waals surface area contributed by atoms with Crippen molar-refractivity contribution in [2.75, 3.05) is 17.6 Å². The van der Waals surface area contributed by atoms with Crippen LogP contribution in [0.15, 0.2) is 90.1 Å². The van der Waals surface area contributed by atoms with Crippen molar-refractivity contribution in [1.82, 2.24) is 4.57 Å². The van der Waals surface area contributed by atoms with E-state index in [1.54, 1.807) is 0 Å². The van der Waals surface area contributed by atoms with Gasteiger partial charge in [0, 0.05) is 29.8 Å². The number of fused-ring (bicyclic) bond motifs is 4. The lowest BCUT2D eigenvalue weighted by atomic mass is 9.80. The van der Waals surface area contributed by atoms with Crippen LogP contribution in [0.2, 0.25) is 0 Å². The lowest BCUT2D eigenvalue weighted by Crippen LogP contribution is -2.09. The lowest BCUT2D eigenvalue weighted by Gasteiger charge is -2.24. The highest BCUT2D eigenvalue weighted by atomic mass is 15.2. The van der Waals surface area contributed by atoms with Crippen LogP contribution in [0.5, 0.6) is 0 Å². The van der Waals surface area contributed by atoms with Crippen molar-refractivity contribution in [2.45, 2.75) is 51.4 Å². The van der Waals surface area contributed by atoms with Gasteiger partial charge in [-0.15, -0.1) is 0 Å². The third kappa shape index (κ3) is 4.12. The Kier molecular flexibility index (Phi) is 6.43. The molecule has 1 aromatic heterocycles. The Bertz CT molecular complexity index is 1670. The fraction of sp³-hybridized carbons (Fsp3) is 0.243. The van der Waals surface area contributed by atoms with Crippen LogP contribution in [-0.4, -0.2) is 11.1 Å². The molecule has 3 nitrogen and oxygen atoms in total. The van der Waals surface area contributed by atoms with Gasteiger partial charge in [0.1, 0.15) is 11.6 Å². The van der Waals surface area contributed by atoms with Crippen LogP contribution in [-0.2, 0) is 0 Å². The van der Waals surface area contributed by atoms with Crippen LogP contribution in [0, 0.1) is 0 Å². The largest absolute Gasteiger partial charge is 0.384 e. The predicted octanol–water partition coefficient (Wildman–Crippen LogP) is 9.43. The quantitative estimate of drug-likeness (QED) is 0.250. The average Bonchev–Trinajstić information content (AvgIpc) is 3.46. The molecule has 1 unspecified atom stereocenters. The molecule has 3 N–H and O–H groups in total. The number of aromatic nitrogens is 1. The number of nitrogens with two attached hydrogens (primary N) is 1. The molecule has 0 bridgehead atoms. The van der Waals surface area contributed by atoms with Crippen LogP contribution in [0.4, 0.5) is 11.6 Å². The number of benzene rings is 2. The zero-order valence-electron chi connectivity index (χ0n) is 23.3. The summed E-state index contributed by atoms with van der Waals surface area (Å²) in [5.74, 6) is 2.32. The fourth-order valence-electron chi connectivity index (χ4n) is 6.87. The van der Waals surface area contributed by atoms with Crippen LogP contribution in [0.3, 0.4) is 0 Å². The van der Waals surface area contributed by atoms with E-state index in [0.717, 1.165) is 62.3 Å². The van der Waals surface area contributed by atoms with Crippen molar-refractivity contribution < 1.29 is 0 Å². The Balaban J connectivity index is 1.37. The molecule has 0 spiro atoms. The number of rotatable bonds is 6. The first-order chi connectivity index (χ1) is 19.7. The SMILES string of the molecule is CCC/C=C\C(=C/n1c(N)c(/C=C2\CC=CCC2)c2c1NCC=C2)C1=CCC2c3ccccc3-c3cccc1c32. The molecule has 2 aromatic carbocycles. The van der Waals surface area contributed by atoms with Gasteiger partial charge in [-0.1, -0.05) is 110 Å². The van der Waals surface area contributed by atoms with Gasteiger partial charge >= 0.3 is 0 Å². The minimum absolute atomic E-state index is 0.436. The zero-order chi connectivity index (χ0) is 27.1. The summed E-state index contributed by atoms with van der Waals surface area (Å²) in [4.78, 5) is 0. The normalized spacial score (nSPS) is 19.9. The van der Waals surface area contributed by atoms with Crippen molar-refractivity contribution >= 4 is 35.6 Å². The molecule has 3 heteroatoms. The fourth-order valence-corrected chi connectivity index (χ4v) is 6.87. The van der Waals surface area contributed by atoms with Crippen LogP contribution < -0.4 is 11.1 Å². The standard InChI is InChI=1S/C37H37N3/c1-2-3-5-14-26(27-20-21-32-29-16-9-8-15-28(29)31-18-10-17-30(27)35(31)32)24-40-36(38)34(23-25-12-6-4-7-13-25)33-19-11-22-39-37(33)40/h4-6,8-11,14-20,23-24,32,39H,2-3,7,12-13,21-22,38H2,1H3/b14-5-,25-23+,26-24+. The van der Waals surface area contributed by atoms with Gasteiger partial charge in [-0.25, -0.2) is 0 Å².